The van der Waals surface area contributed by atoms with Gasteiger partial charge in [0.15, 0.2) is 0 Å². The third-order valence-corrected chi connectivity index (χ3v) is 2.63. The summed E-state index contributed by atoms with van der Waals surface area (Å²) in [5.74, 6) is -0.268. The highest BCUT2D eigenvalue weighted by Crippen LogP contribution is 2.29. The fraction of sp³-hybridized carbons (Fsp3) is 0.462. The van der Waals surface area contributed by atoms with Crippen molar-refractivity contribution in [1.82, 2.24) is 5.32 Å². The molecular weight excluding hydrogens is 293 g/mol. The lowest BCUT2D eigenvalue weighted by Crippen LogP contribution is -2.49. The van der Waals surface area contributed by atoms with Crippen molar-refractivity contribution in [2.45, 2.75) is 32.0 Å². The monoisotopic (exact) mass is 310 g/mol. The van der Waals surface area contributed by atoms with Crippen LogP contribution in [0.4, 0.5) is 13.2 Å². The maximum absolute atomic E-state index is 12.4. The van der Waals surface area contributed by atoms with Crippen LogP contribution >= 0.6 is 12.4 Å². The minimum Gasteiger partial charge on any atom is -0.350 e. The molecule has 0 atom stereocenters. The largest absolute Gasteiger partial charge is 0.416 e. The van der Waals surface area contributed by atoms with E-state index >= 15 is 0 Å². The second kappa shape index (κ2) is 6.95. The first-order valence-electron chi connectivity index (χ1n) is 5.81. The quantitative estimate of drug-likeness (QED) is 0.898. The van der Waals surface area contributed by atoms with E-state index in [1.807, 2.05) is 0 Å². The number of amides is 1. The van der Waals surface area contributed by atoms with Crippen LogP contribution in [0.1, 0.15) is 25.0 Å². The van der Waals surface area contributed by atoms with Crippen LogP contribution in [-0.4, -0.2) is 18.0 Å². The van der Waals surface area contributed by atoms with Crippen LogP contribution in [0.5, 0.6) is 0 Å². The molecule has 3 N–H and O–H groups in total. The molecular formula is C13H18ClF3N2O. The van der Waals surface area contributed by atoms with Gasteiger partial charge in [-0.05, 0) is 31.5 Å². The summed E-state index contributed by atoms with van der Waals surface area (Å²) in [4.78, 5) is 11.7. The predicted octanol–water partition coefficient (Wildman–Crippen LogP) is 2.52. The number of halogens is 4. The van der Waals surface area contributed by atoms with E-state index in [9.17, 15) is 18.0 Å². The first-order valence-corrected chi connectivity index (χ1v) is 5.81. The number of carbonyl (C=O) groups is 1. The lowest BCUT2D eigenvalue weighted by molar-refractivity contribution is -0.137. The van der Waals surface area contributed by atoms with E-state index in [-0.39, 0.29) is 31.3 Å². The molecule has 0 aliphatic heterocycles. The molecule has 0 aliphatic rings. The highest BCUT2D eigenvalue weighted by Gasteiger charge is 2.30. The zero-order valence-electron chi connectivity index (χ0n) is 11.3. The molecule has 0 aromatic heterocycles. The van der Waals surface area contributed by atoms with E-state index in [0.717, 1.165) is 12.1 Å². The summed E-state index contributed by atoms with van der Waals surface area (Å²) in [5, 5.41) is 2.71. The van der Waals surface area contributed by atoms with Crippen molar-refractivity contribution in [3.8, 4) is 0 Å². The molecule has 0 unspecified atom stereocenters. The molecule has 3 nitrogen and oxygen atoms in total. The molecule has 0 fully saturated rings. The van der Waals surface area contributed by atoms with E-state index in [2.05, 4.69) is 5.32 Å². The molecule has 0 heterocycles. The number of rotatable bonds is 4. The number of carbonyl (C=O) groups excluding carboxylic acids is 1. The van der Waals surface area contributed by atoms with Crippen LogP contribution in [0.25, 0.3) is 0 Å². The number of benzene rings is 1. The van der Waals surface area contributed by atoms with Crippen molar-refractivity contribution in [2.75, 3.05) is 6.54 Å². The van der Waals surface area contributed by atoms with Gasteiger partial charge in [-0.15, -0.1) is 12.4 Å². The summed E-state index contributed by atoms with van der Waals surface area (Å²) < 4.78 is 37.1. The van der Waals surface area contributed by atoms with Gasteiger partial charge in [-0.2, -0.15) is 13.2 Å². The Kier molecular flexibility index (Phi) is 6.50. The summed E-state index contributed by atoms with van der Waals surface area (Å²) in [6, 6.07) is 4.54. The molecule has 114 valence electrons. The molecule has 1 aromatic carbocycles. The van der Waals surface area contributed by atoms with Crippen LogP contribution in [0.15, 0.2) is 24.3 Å². The molecule has 20 heavy (non-hydrogen) atoms. The average Bonchev–Trinajstić information content (AvgIpc) is 2.27. The third-order valence-electron chi connectivity index (χ3n) is 2.63. The second-order valence-electron chi connectivity index (χ2n) is 5.01. The van der Waals surface area contributed by atoms with E-state index < -0.39 is 17.3 Å². The van der Waals surface area contributed by atoms with Crippen LogP contribution < -0.4 is 11.1 Å². The van der Waals surface area contributed by atoms with Gasteiger partial charge < -0.3 is 11.1 Å². The minimum atomic E-state index is -4.36. The Labute approximate surface area is 122 Å². The van der Waals surface area contributed by atoms with Crippen molar-refractivity contribution < 1.29 is 18.0 Å². The fourth-order valence-electron chi connectivity index (χ4n) is 1.47. The zero-order valence-corrected chi connectivity index (χ0v) is 12.1. The smallest absolute Gasteiger partial charge is 0.350 e. The SMILES string of the molecule is CC(C)(CN)NC(=O)Cc1ccc(C(F)(F)F)cc1.Cl. The highest BCUT2D eigenvalue weighted by atomic mass is 35.5. The predicted molar refractivity (Wildman–Crippen MR) is 73.7 cm³/mol. The van der Waals surface area contributed by atoms with Gasteiger partial charge in [0.2, 0.25) is 5.91 Å². The van der Waals surface area contributed by atoms with Crippen LogP contribution in [0, 0.1) is 0 Å². The lowest BCUT2D eigenvalue weighted by atomic mass is 10.0. The third kappa shape index (κ3) is 5.79. The molecule has 1 amide bonds. The normalized spacial score (nSPS) is 11.7. The summed E-state index contributed by atoms with van der Waals surface area (Å²) in [6.07, 6.45) is -4.33. The summed E-state index contributed by atoms with van der Waals surface area (Å²) >= 11 is 0. The number of nitrogens with two attached hydrogens (primary N) is 1. The Morgan fingerprint density at radius 2 is 1.70 bits per heavy atom. The van der Waals surface area contributed by atoms with E-state index in [1.54, 1.807) is 13.8 Å². The second-order valence-corrected chi connectivity index (χ2v) is 5.01. The Bertz CT molecular complexity index is 444. The van der Waals surface area contributed by atoms with E-state index in [4.69, 9.17) is 5.73 Å². The van der Waals surface area contributed by atoms with E-state index in [1.165, 1.54) is 12.1 Å². The molecule has 0 spiro atoms. The number of alkyl halides is 3. The van der Waals surface area contributed by atoms with Crippen molar-refractivity contribution in [2.24, 2.45) is 5.73 Å². The molecule has 7 heteroatoms. The minimum absolute atomic E-state index is 0. The van der Waals surface area contributed by atoms with Gasteiger partial charge >= 0.3 is 6.18 Å². The molecule has 0 saturated heterocycles. The molecule has 0 radical (unpaired) electrons. The Morgan fingerprint density at radius 1 is 1.20 bits per heavy atom. The Balaban J connectivity index is 0.00000361. The van der Waals surface area contributed by atoms with Crippen molar-refractivity contribution in [1.29, 1.82) is 0 Å². The first-order chi connectivity index (χ1) is 8.64. The zero-order chi connectivity index (χ0) is 14.7. The van der Waals surface area contributed by atoms with Crippen molar-refractivity contribution in [3.63, 3.8) is 0 Å². The van der Waals surface area contributed by atoms with Gasteiger partial charge in [0.1, 0.15) is 0 Å². The van der Waals surface area contributed by atoms with Crippen LogP contribution in [-0.2, 0) is 17.4 Å². The highest BCUT2D eigenvalue weighted by molar-refractivity contribution is 5.85. The number of nitrogens with one attached hydrogen (secondary N) is 1. The topological polar surface area (TPSA) is 55.1 Å². The summed E-state index contributed by atoms with van der Waals surface area (Å²) in [5.41, 5.74) is 4.75. The number of hydrogen-bond acceptors (Lipinski definition) is 2. The van der Waals surface area contributed by atoms with Gasteiger partial charge in [-0.1, -0.05) is 12.1 Å². The first kappa shape index (κ1) is 18.7. The van der Waals surface area contributed by atoms with Gasteiger partial charge in [0, 0.05) is 12.1 Å². The molecule has 1 rings (SSSR count). The molecule has 1 aromatic rings. The number of hydrogen-bond donors (Lipinski definition) is 2. The van der Waals surface area contributed by atoms with Gasteiger partial charge in [0.05, 0.1) is 12.0 Å². The van der Waals surface area contributed by atoms with Crippen LogP contribution in [0.3, 0.4) is 0 Å². The van der Waals surface area contributed by atoms with Gasteiger partial charge in [-0.25, -0.2) is 0 Å². The Hall–Kier alpha value is -1.27. The Morgan fingerprint density at radius 3 is 2.10 bits per heavy atom. The van der Waals surface area contributed by atoms with Crippen molar-refractivity contribution >= 4 is 18.3 Å². The lowest BCUT2D eigenvalue weighted by Gasteiger charge is -2.24. The van der Waals surface area contributed by atoms with Gasteiger partial charge in [-0.3, -0.25) is 4.79 Å². The van der Waals surface area contributed by atoms with Crippen LogP contribution in [0.2, 0.25) is 0 Å². The fourth-order valence-corrected chi connectivity index (χ4v) is 1.47. The average molecular weight is 311 g/mol. The molecule has 0 bridgehead atoms. The maximum Gasteiger partial charge on any atom is 0.416 e. The molecule has 0 saturated carbocycles. The van der Waals surface area contributed by atoms with Crippen molar-refractivity contribution in [3.05, 3.63) is 35.4 Å². The summed E-state index contributed by atoms with van der Waals surface area (Å²) in [6.45, 7) is 3.83. The molecule has 0 aliphatic carbocycles. The standard InChI is InChI=1S/C13H17F3N2O.ClH/c1-12(2,8-17)18-11(19)7-9-3-5-10(6-4-9)13(14,15)16;/h3-6H,7-8,17H2,1-2H3,(H,18,19);1H. The maximum atomic E-state index is 12.4. The van der Waals surface area contributed by atoms with E-state index in [0.29, 0.717) is 5.56 Å². The van der Waals surface area contributed by atoms with Gasteiger partial charge in [0.25, 0.3) is 0 Å². The summed E-state index contributed by atoms with van der Waals surface area (Å²) in [7, 11) is 0.